The Bertz CT molecular complexity index is 215. The van der Waals surface area contributed by atoms with Crippen molar-refractivity contribution >= 4 is 16.9 Å². The van der Waals surface area contributed by atoms with Crippen LogP contribution in [-0.2, 0) is 0 Å². The zero-order valence-corrected chi connectivity index (χ0v) is 9.53. The number of thioether (sulfide) groups is 1. The van der Waals surface area contributed by atoms with Crippen LogP contribution in [0.3, 0.4) is 0 Å². The lowest BCUT2D eigenvalue weighted by Crippen LogP contribution is -2.19. The largest absolute Gasteiger partial charge is 0.272 e. The fraction of sp³-hybridized carbons (Fsp3) is 0.778. The molecule has 0 spiro atoms. The average Bonchev–Trinajstić information content (AvgIpc) is 2.12. The highest BCUT2D eigenvalue weighted by Gasteiger charge is 2.14. The molecule has 74 valence electrons. The zero-order chi connectivity index (χ0) is 10.3. The Labute approximate surface area is 84.6 Å². The second-order valence-corrected chi connectivity index (χ2v) is 4.38. The molecule has 0 unspecified atom stereocenters. The van der Waals surface area contributed by atoms with Gasteiger partial charge in [-0.2, -0.15) is 5.26 Å². The summed E-state index contributed by atoms with van der Waals surface area (Å²) in [6, 6.07) is 0. The van der Waals surface area contributed by atoms with Crippen LogP contribution in [0.4, 0.5) is 0 Å². The van der Waals surface area contributed by atoms with E-state index >= 15 is 0 Å². The molecular formula is C9H17N3S. The number of hydrogen-bond donors (Lipinski definition) is 1. The lowest BCUT2D eigenvalue weighted by atomic mass is 9.91. The third kappa shape index (κ3) is 5.53. The molecule has 0 amide bonds. The molecule has 13 heavy (non-hydrogen) atoms. The fourth-order valence-electron chi connectivity index (χ4n) is 0.601. The summed E-state index contributed by atoms with van der Waals surface area (Å²) in [7, 11) is 0. The van der Waals surface area contributed by atoms with Crippen molar-refractivity contribution in [3.8, 4) is 6.19 Å². The van der Waals surface area contributed by atoms with E-state index in [9.17, 15) is 0 Å². The monoisotopic (exact) mass is 199 g/mol. The highest BCUT2D eigenvalue weighted by molar-refractivity contribution is 8.13. The van der Waals surface area contributed by atoms with Gasteiger partial charge in [-0.15, -0.1) is 0 Å². The molecule has 0 heterocycles. The number of nitrogens with one attached hydrogen (secondary N) is 1. The Balaban J connectivity index is 4.15. The Morgan fingerprint density at radius 2 is 2.23 bits per heavy atom. The zero-order valence-electron chi connectivity index (χ0n) is 8.72. The number of nitrogens with zero attached hydrogens (tertiary/aromatic N) is 2. The molecule has 0 saturated heterocycles. The van der Waals surface area contributed by atoms with E-state index in [2.05, 4.69) is 31.1 Å². The van der Waals surface area contributed by atoms with E-state index in [1.165, 1.54) is 11.8 Å². The highest BCUT2D eigenvalue weighted by atomic mass is 32.2. The minimum atomic E-state index is 0.220. The van der Waals surface area contributed by atoms with Crippen molar-refractivity contribution in [1.29, 1.82) is 5.26 Å². The van der Waals surface area contributed by atoms with E-state index in [1.54, 1.807) is 0 Å². The maximum absolute atomic E-state index is 8.40. The number of amidine groups is 1. The first-order chi connectivity index (χ1) is 6.05. The van der Waals surface area contributed by atoms with Gasteiger partial charge in [-0.25, -0.2) is 0 Å². The summed E-state index contributed by atoms with van der Waals surface area (Å²) in [5.41, 5.74) is 0.220. The molecule has 0 bridgehead atoms. The summed E-state index contributed by atoms with van der Waals surface area (Å²) in [5.74, 6) is 0. The van der Waals surface area contributed by atoms with E-state index < -0.39 is 0 Å². The molecule has 3 nitrogen and oxygen atoms in total. The van der Waals surface area contributed by atoms with Crippen LogP contribution in [0, 0.1) is 16.9 Å². The first-order valence-corrected chi connectivity index (χ1v) is 5.51. The smallest absolute Gasteiger partial charge is 0.183 e. The number of rotatable bonds is 3. The molecule has 0 atom stereocenters. The lowest BCUT2D eigenvalue weighted by molar-refractivity contribution is 0.366. The van der Waals surface area contributed by atoms with Crippen molar-refractivity contribution < 1.29 is 0 Å². The van der Waals surface area contributed by atoms with E-state index in [4.69, 9.17) is 5.26 Å². The van der Waals surface area contributed by atoms with Crippen molar-refractivity contribution in [1.82, 2.24) is 5.32 Å². The molecule has 1 N–H and O–H groups in total. The molecule has 0 aliphatic heterocycles. The van der Waals surface area contributed by atoms with E-state index in [-0.39, 0.29) is 5.41 Å². The molecule has 0 rings (SSSR count). The first kappa shape index (κ1) is 12.3. The predicted molar refractivity (Wildman–Crippen MR) is 58.6 cm³/mol. The summed E-state index contributed by atoms with van der Waals surface area (Å²) in [5, 5.41) is 11.6. The van der Waals surface area contributed by atoms with Crippen molar-refractivity contribution in [2.45, 2.75) is 27.2 Å². The van der Waals surface area contributed by atoms with Gasteiger partial charge < -0.3 is 0 Å². The lowest BCUT2D eigenvalue weighted by Gasteiger charge is -2.19. The second kappa shape index (κ2) is 5.87. The van der Waals surface area contributed by atoms with Crippen LogP contribution in [0.2, 0.25) is 0 Å². The molecular weight excluding hydrogens is 182 g/mol. The maximum Gasteiger partial charge on any atom is 0.183 e. The van der Waals surface area contributed by atoms with Gasteiger partial charge in [0.1, 0.15) is 0 Å². The third-order valence-corrected chi connectivity index (χ3v) is 2.58. The Hall–Kier alpha value is -0.690. The summed E-state index contributed by atoms with van der Waals surface area (Å²) in [6.45, 7) is 7.24. The normalized spacial score (nSPS) is 12.4. The average molecular weight is 199 g/mol. The molecule has 4 heteroatoms. The minimum Gasteiger partial charge on any atom is -0.272 e. The third-order valence-electron chi connectivity index (χ3n) is 1.96. The Morgan fingerprint density at radius 1 is 1.62 bits per heavy atom. The summed E-state index contributed by atoms with van der Waals surface area (Å²) in [4.78, 5) is 4.32. The van der Waals surface area contributed by atoms with Gasteiger partial charge in [-0.3, -0.25) is 10.3 Å². The van der Waals surface area contributed by atoms with Gasteiger partial charge in [0.05, 0.1) is 0 Å². The Kier molecular flexibility index (Phi) is 5.56. The van der Waals surface area contributed by atoms with Crippen LogP contribution in [-0.4, -0.2) is 18.0 Å². The molecule has 0 saturated carbocycles. The SMILES string of the molecule is CCC(C)(C)CN=C(NC#N)SC. The minimum absolute atomic E-state index is 0.220. The van der Waals surface area contributed by atoms with Crippen LogP contribution in [0.25, 0.3) is 0 Å². The van der Waals surface area contributed by atoms with Gasteiger partial charge in [-0.05, 0) is 18.1 Å². The van der Waals surface area contributed by atoms with Crippen molar-refractivity contribution in [3.63, 3.8) is 0 Å². The van der Waals surface area contributed by atoms with Crippen LogP contribution >= 0.6 is 11.8 Å². The van der Waals surface area contributed by atoms with E-state index in [0.29, 0.717) is 5.17 Å². The molecule has 0 fully saturated rings. The number of hydrogen-bond acceptors (Lipinski definition) is 3. The quantitative estimate of drug-likeness (QED) is 0.328. The summed E-state index contributed by atoms with van der Waals surface area (Å²) >= 11 is 1.46. The van der Waals surface area contributed by atoms with E-state index in [1.807, 2.05) is 12.4 Å². The maximum atomic E-state index is 8.40. The van der Waals surface area contributed by atoms with E-state index in [0.717, 1.165) is 13.0 Å². The molecule has 0 radical (unpaired) electrons. The van der Waals surface area contributed by atoms with Crippen LogP contribution in [0.1, 0.15) is 27.2 Å². The summed E-state index contributed by atoms with van der Waals surface area (Å²) < 4.78 is 0. The molecule has 0 aromatic heterocycles. The number of aliphatic imine (C=N–C) groups is 1. The highest BCUT2D eigenvalue weighted by Crippen LogP contribution is 2.19. The van der Waals surface area contributed by atoms with Crippen LogP contribution in [0.5, 0.6) is 0 Å². The molecule has 0 aromatic rings. The van der Waals surface area contributed by atoms with Crippen molar-refractivity contribution in [2.75, 3.05) is 12.8 Å². The van der Waals surface area contributed by atoms with Crippen molar-refractivity contribution in [3.05, 3.63) is 0 Å². The van der Waals surface area contributed by atoms with Gasteiger partial charge in [0.2, 0.25) is 0 Å². The van der Waals surface area contributed by atoms with Gasteiger partial charge >= 0.3 is 0 Å². The molecule has 0 aliphatic carbocycles. The van der Waals surface area contributed by atoms with Gasteiger partial charge in [0.25, 0.3) is 0 Å². The van der Waals surface area contributed by atoms with Crippen LogP contribution in [0.15, 0.2) is 4.99 Å². The van der Waals surface area contributed by atoms with Crippen molar-refractivity contribution in [2.24, 2.45) is 10.4 Å². The van der Waals surface area contributed by atoms with Gasteiger partial charge in [-0.1, -0.05) is 32.5 Å². The van der Waals surface area contributed by atoms with Crippen LogP contribution < -0.4 is 5.32 Å². The molecule has 0 aromatic carbocycles. The first-order valence-electron chi connectivity index (χ1n) is 4.29. The summed E-state index contributed by atoms with van der Waals surface area (Å²) in [6.07, 6.45) is 4.86. The van der Waals surface area contributed by atoms with Gasteiger partial charge in [0, 0.05) is 6.54 Å². The second-order valence-electron chi connectivity index (χ2n) is 3.58. The van der Waals surface area contributed by atoms with Gasteiger partial charge in [0.15, 0.2) is 11.4 Å². The Morgan fingerprint density at radius 3 is 2.62 bits per heavy atom. The topological polar surface area (TPSA) is 48.2 Å². The fourth-order valence-corrected chi connectivity index (χ4v) is 0.942. The number of nitriles is 1. The molecule has 0 aliphatic rings. The standard InChI is InChI=1S/C9H17N3S/c1-5-9(2,3)6-11-8(13-4)12-7-10/h5-6H2,1-4H3,(H,11,12). The predicted octanol–water partition coefficient (Wildman–Crippen LogP) is 2.21.